The summed E-state index contributed by atoms with van der Waals surface area (Å²) in [6.07, 6.45) is 0.944. The number of benzene rings is 3. The van der Waals surface area contributed by atoms with E-state index in [9.17, 15) is 4.79 Å². The largest absolute Gasteiger partial charge is 0.494 e. The van der Waals surface area contributed by atoms with Gasteiger partial charge in [0.15, 0.2) is 0 Å². The fraction of sp³-hybridized carbons (Fsp3) is 0.174. The third-order valence-corrected chi connectivity index (χ3v) is 4.43. The van der Waals surface area contributed by atoms with Crippen LogP contribution in [0, 0.1) is 0 Å². The first-order chi connectivity index (χ1) is 13.3. The van der Waals surface area contributed by atoms with Crippen LogP contribution in [0.1, 0.15) is 30.4 Å². The van der Waals surface area contributed by atoms with Gasteiger partial charge in [0.25, 0.3) is 0 Å². The van der Waals surface area contributed by atoms with Crippen molar-refractivity contribution in [2.75, 3.05) is 6.61 Å². The van der Waals surface area contributed by atoms with Crippen molar-refractivity contribution in [3.05, 3.63) is 83.9 Å². The molecule has 0 unspecified atom stereocenters. The zero-order valence-electron chi connectivity index (χ0n) is 15.1. The van der Waals surface area contributed by atoms with Gasteiger partial charge >= 0.3 is 5.97 Å². The average molecular weight is 360 g/mol. The molecular weight excluding hydrogens is 340 g/mol. The molecule has 0 fully saturated rings. The SMILES string of the molecule is CCCOc1ccc(OC(=O)C2c3ccccc3Oc3ccccc32)cc1. The van der Waals surface area contributed by atoms with Gasteiger partial charge in [0, 0.05) is 11.1 Å². The van der Waals surface area contributed by atoms with Crippen LogP contribution in [0.25, 0.3) is 0 Å². The summed E-state index contributed by atoms with van der Waals surface area (Å²) in [6, 6.07) is 22.2. The van der Waals surface area contributed by atoms with Crippen molar-refractivity contribution in [3.63, 3.8) is 0 Å². The lowest BCUT2D eigenvalue weighted by Gasteiger charge is -2.26. The Kier molecular flexibility index (Phi) is 4.79. The lowest BCUT2D eigenvalue weighted by atomic mass is 9.88. The molecule has 4 nitrogen and oxygen atoms in total. The van der Waals surface area contributed by atoms with E-state index in [1.807, 2.05) is 60.7 Å². The number of rotatable bonds is 5. The summed E-state index contributed by atoms with van der Waals surface area (Å²) in [7, 11) is 0. The molecule has 4 heteroatoms. The monoisotopic (exact) mass is 360 g/mol. The number of para-hydroxylation sites is 2. The van der Waals surface area contributed by atoms with Gasteiger partial charge in [-0.3, -0.25) is 4.79 Å². The van der Waals surface area contributed by atoms with Crippen LogP contribution >= 0.6 is 0 Å². The van der Waals surface area contributed by atoms with Crippen LogP contribution in [0.2, 0.25) is 0 Å². The van der Waals surface area contributed by atoms with E-state index in [-0.39, 0.29) is 5.97 Å². The molecule has 0 bridgehead atoms. The van der Waals surface area contributed by atoms with Crippen LogP contribution in [0.5, 0.6) is 23.0 Å². The molecule has 0 aromatic heterocycles. The molecule has 0 radical (unpaired) electrons. The quantitative estimate of drug-likeness (QED) is 0.456. The molecule has 27 heavy (non-hydrogen) atoms. The standard InChI is InChI=1S/C23H20O4/c1-2-15-25-16-11-13-17(14-12-16)26-23(24)22-18-7-3-5-9-20(18)27-21-10-6-4-8-19(21)22/h3-14,22H,2,15H2,1H3. The molecule has 3 aromatic carbocycles. The van der Waals surface area contributed by atoms with E-state index in [1.165, 1.54) is 0 Å². The highest BCUT2D eigenvalue weighted by Gasteiger charge is 2.33. The number of fused-ring (bicyclic) bond motifs is 2. The summed E-state index contributed by atoms with van der Waals surface area (Å²) in [5.41, 5.74) is 1.62. The Labute approximate surface area is 158 Å². The van der Waals surface area contributed by atoms with Crippen LogP contribution in [-0.4, -0.2) is 12.6 Å². The summed E-state index contributed by atoms with van der Waals surface area (Å²) in [6.45, 7) is 2.72. The molecule has 0 spiro atoms. The van der Waals surface area contributed by atoms with Crippen LogP contribution in [0.4, 0.5) is 0 Å². The highest BCUT2D eigenvalue weighted by molar-refractivity contribution is 5.87. The van der Waals surface area contributed by atoms with Gasteiger partial charge in [-0.05, 0) is 42.8 Å². The van der Waals surface area contributed by atoms with Gasteiger partial charge in [0.2, 0.25) is 0 Å². The van der Waals surface area contributed by atoms with E-state index >= 15 is 0 Å². The second-order valence-electron chi connectivity index (χ2n) is 6.35. The maximum atomic E-state index is 13.0. The lowest BCUT2D eigenvalue weighted by Crippen LogP contribution is -2.23. The predicted octanol–water partition coefficient (Wildman–Crippen LogP) is 5.32. The van der Waals surface area contributed by atoms with Crippen molar-refractivity contribution in [1.82, 2.24) is 0 Å². The molecule has 1 aliphatic heterocycles. The van der Waals surface area contributed by atoms with Gasteiger partial charge in [0.1, 0.15) is 28.9 Å². The fourth-order valence-corrected chi connectivity index (χ4v) is 3.16. The number of carbonyl (C=O) groups is 1. The Morgan fingerprint density at radius 3 is 2.00 bits per heavy atom. The molecular formula is C23H20O4. The Balaban J connectivity index is 1.60. The van der Waals surface area contributed by atoms with Crippen LogP contribution in [-0.2, 0) is 4.79 Å². The zero-order valence-corrected chi connectivity index (χ0v) is 15.1. The van der Waals surface area contributed by atoms with Crippen molar-refractivity contribution in [2.24, 2.45) is 0 Å². The Hall–Kier alpha value is -3.27. The topological polar surface area (TPSA) is 44.8 Å². The molecule has 0 aliphatic carbocycles. The average Bonchev–Trinajstić information content (AvgIpc) is 2.71. The number of carbonyl (C=O) groups excluding carboxylic acids is 1. The first-order valence-electron chi connectivity index (χ1n) is 9.06. The highest BCUT2D eigenvalue weighted by Crippen LogP contribution is 2.44. The van der Waals surface area contributed by atoms with E-state index in [0.717, 1.165) is 23.3 Å². The summed E-state index contributed by atoms with van der Waals surface area (Å²) in [5, 5.41) is 0. The molecule has 1 aliphatic rings. The first kappa shape index (κ1) is 17.2. The molecule has 3 aromatic rings. The summed E-state index contributed by atoms with van der Waals surface area (Å²) >= 11 is 0. The van der Waals surface area contributed by atoms with Crippen LogP contribution in [0.15, 0.2) is 72.8 Å². The third kappa shape index (κ3) is 3.51. The molecule has 0 saturated carbocycles. The maximum absolute atomic E-state index is 13.0. The Morgan fingerprint density at radius 1 is 0.852 bits per heavy atom. The summed E-state index contributed by atoms with van der Waals surface area (Å²) < 4.78 is 17.2. The number of esters is 1. The minimum absolute atomic E-state index is 0.333. The smallest absolute Gasteiger partial charge is 0.323 e. The van der Waals surface area contributed by atoms with Crippen LogP contribution in [0.3, 0.4) is 0 Å². The van der Waals surface area contributed by atoms with Gasteiger partial charge < -0.3 is 14.2 Å². The molecule has 136 valence electrons. The minimum Gasteiger partial charge on any atom is -0.494 e. The second-order valence-corrected chi connectivity index (χ2v) is 6.35. The number of hydrogen-bond donors (Lipinski definition) is 0. The maximum Gasteiger partial charge on any atom is 0.323 e. The van der Waals surface area contributed by atoms with E-state index in [2.05, 4.69) is 6.92 Å². The minimum atomic E-state index is -0.526. The number of hydrogen-bond acceptors (Lipinski definition) is 4. The molecule has 0 N–H and O–H groups in total. The third-order valence-electron chi connectivity index (χ3n) is 4.43. The second kappa shape index (κ2) is 7.54. The first-order valence-corrected chi connectivity index (χ1v) is 9.06. The molecule has 0 saturated heterocycles. The van der Waals surface area contributed by atoms with Crippen molar-refractivity contribution in [1.29, 1.82) is 0 Å². The normalized spacial score (nSPS) is 12.5. The van der Waals surface area contributed by atoms with Crippen molar-refractivity contribution >= 4 is 5.97 Å². The Morgan fingerprint density at radius 2 is 1.41 bits per heavy atom. The highest BCUT2D eigenvalue weighted by atomic mass is 16.5. The van der Waals surface area contributed by atoms with Gasteiger partial charge in [-0.15, -0.1) is 0 Å². The molecule has 0 amide bonds. The lowest BCUT2D eigenvalue weighted by molar-refractivity contribution is -0.135. The predicted molar refractivity (Wildman–Crippen MR) is 103 cm³/mol. The molecule has 0 atom stereocenters. The van der Waals surface area contributed by atoms with Crippen LogP contribution < -0.4 is 14.2 Å². The molecule has 1 heterocycles. The van der Waals surface area contributed by atoms with E-state index in [1.54, 1.807) is 12.1 Å². The zero-order chi connectivity index (χ0) is 18.6. The van der Waals surface area contributed by atoms with Gasteiger partial charge in [-0.25, -0.2) is 0 Å². The van der Waals surface area contributed by atoms with Gasteiger partial charge in [-0.2, -0.15) is 0 Å². The van der Waals surface area contributed by atoms with Gasteiger partial charge in [-0.1, -0.05) is 43.3 Å². The van der Waals surface area contributed by atoms with E-state index < -0.39 is 5.92 Å². The molecule has 4 rings (SSSR count). The Bertz CT molecular complexity index is 901. The van der Waals surface area contributed by atoms with Gasteiger partial charge in [0.05, 0.1) is 6.61 Å². The van der Waals surface area contributed by atoms with Crippen molar-refractivity contribution < 1.29 is 19.0 Å². The van der Waals surface area contributed by atoms with Crippen molar-refractivity contribution in [2.45, 2.75) is 19.3 Å². The van der Waals surface area contributed by atoms with E-state index in [4.69, 9.17) is 14.2 Å². The van der Waals surface area contributed by atoms with Crippen molar-refractivity contribution in [3.8, 4) is 23.0 Å². The number of ether oxygens (including phenoxy) is 3. The fourth-order valence-electron chi connectivity index (χ4n) is 3.16. The summed E-state index contributed by atoms with van der Waals surface area (Å²) in [4.78, 5) is 13.0. The summed E-state index contributed by atoms with van der Waals surface area (Å²) in [5.74, 6) is 1.76. The van der Waals surface area contributed by atoms with E-state index in [0.29, 0.717) is 23.9 Å².